The Bertz CT molecular complexity index is 924. The molecular formula is C25H30N2O3. The Morgan fingerprint density at radius 1 is 0.900 bits per heavy atom. The maximum Gasteiger partial charge on any atom is 0.322 e. The van der Waals surface area contributed by atoms with Crippen LogP contribution in [0.3, 0.4) is 0 Å². The molecule has 0 radical (unpaired) electrons. The second-order valence-corrected chi connectivity index (χ2v) is 7.01. The predicted molar refractivity (Wildman–Crippen MR) is 122 cm³/mol. The minimum atomic E-state index is -0.446. The Kier molecular flexibility index (Phi) is 8.24. The van der Waals surface area contributed by atoms with Crippen LogP contribution in [-0.4, -0.2) is 43.5 Å². The van der Waals surface area contributed by atoms with Crippen LogP contribution in [-0.2, 0) is 15.9 Å². The Hall–Kier alpha value is -2.89. The van der Waals surface area contributed by atoms with Crippen LogP contribution in [0.4, 0.5) is 10.5 Å². The van der Waals surface area contributed by atoms with Gasteiger partial charge in [-0.25, -0.2) is 4.79 Å². The summed E-state index contributed by atoms with van der Waals surface area (Å²) in [5, 5.41) is 5.27. The van der Waals surface area contributed by atoms with Gasteiger partial charge in [-0.1, -0.05) is 60.7 Å². The number of ether oxygens (including phenoxy) is 2. The van der Waals surface area contributed by atoms with Gasteiger partial charge in [0.1, 0.15) is 0 Å². The zero-order chi connectivity index (χ0) is 21.2. The molecule has 30 heavy (non-hydrogen) atoms. The Morgan fingerprint density at radius 2 is 1.57 bits per heavy atom. The molecule has 3 rings (SSSR count). The lowest BCUT2D eigenvalue weighted by atomic mass is 10.1. The highest BCUT2D eigenvalue weighted by molar-refractivity contribution is 5.93. The highest BCUT2D eigenvalue weighted by Gasteiger charge is 2.20. The number of nitrogens with zero attached hydrogens (tertiary/aromatic N) is 1. The topological polar surface area (TPSA) is 50.8 Å². The van der Waals surface area contributed by atoms with Crippen LogP contribution in [0.25, 0.3) is 10.8 Å². The average molecular weight is 407 g/mol. The molecular weight excluding hydrogens is 376 g/mol. The largest absolute Gasteiger partial charge is 0.351 e. The fourth-order valence-corrected chi connectivity index (χ4v) is 3.36. The van der Waals surface area contributed by atoms with E-state index < -0.39 is 6.29 Å². The first kappa shape index (κ1) is 21.8. The molecule has 0 unspecified atom stereocenters. The number of carbonyl (C=O) groups is 1. The smallest absolute Gasteiger partial charge is 0.322 e. The van der Waals surface area contributed by atoms with Gasteiger partial charge in [0, 0.05) is 25.4 Å². The molecule has 0 fully saturated rings. The first-order chi connectivity index (χ1) is 14.7. The number of rotatable bonds is 10. The third kappa shape index (κ3) is 6.31. The summed E-state index contributed by atoms with van der Waals surface area (Å²) in [4.78, 5) is 14.9. The number of benzene rings is 3. The van der Waals surface area contributed by atoms with Crippen LogP contribution in [0.2, 0.25) is 0 Å². The van der Waals surface area contributed by atoms with E-state index in [1.807, 2.05) is 68.4 Å². The zero-order valence-electron chi connectivity index (χ0n) is 17.7. The summed E-state index contributed by atoms with van der Waals surface area (Å²) in [6.07, 6.45) is 0.315. The summed E-state index contributed by atoms with van der Waals surface area (Å²) in [6.45, 7) is 5.85. The van der Waals surface area contributed by atoms with Crippen molar-refractivity contribution >= 4 is 22.5 Å². The van der Waals surface area contributed by atoms with E-state index in [4.69, 9.17) is 9.47 Å². The van der Waals surface area contributed by atoms with Crippen molar-refractivity contribution in [2.75, 3.05) is 31.6 Å². The summed E-state index contributed by atoms with van der Waals surface area (Å²) in [5.41, 5.74) is 1.96. The fraction of sp³-hybridized carbons (Fsp3) is 0.320. The minimum Gasteiger partial charge on any atom is -0.351 e. The van der Waals surface area contributed by atoms with Crippen molar-refractivity contribution < 1.29 is 14.3 Å². The molecule has 158 valence electrons. The van der Waals surface area contributed by atoms with E-state index in [-0.39, 0.29) is 6.03 Å². The third-order valence-electron chi connectivity index (χ3n) is 4.88. The van der Waals surface area contributed by atoms with Crippen molar-refractivity contribution in [1.82, 2.24) is 4.90 Å². The van der Waals surface area contributed by atoms with Gasteiger partial charge in [0.25, 0.3) is 0 Å². The number of urea groups is 1. The summed E-state index contributed by atoms with van der Waals surface area (Å²) >= 11 is 0. The van der Waals surface area contributed by atoms with Crippen molar-refractivity contribution in [3.05, 3.63) is 78.4 Å². The molecule has 0 saturated heterocycles. The number of hydrogen-bond acceptors (Lipinski definition) is 3. The summed E-state index contributed by atoms with van der Waals surface area (Å²) in [5.74, 6) is 0. The van der Waals surface area contributed by atoms with Gasteiger partial charge >= 0.3 is 6.03 Å². The van der Waals surface area contributed by atoms with E-state index in [1.54, 1.807) is 4.90 Å². The van der Waals surface area contributed by atoms with Crippen LogP contribution in [0, 0.1) is 0 Å². The standard InChI is InChI=1S/C25H30N2O3/c1-3-29-24(30-4-2)19-27(17-16-20-10-6-5-7-11-20)25(28)26-23-15-14-21-12-8-9-13-22(21)18-23/h5-15,18,24H,3-4,16-17,19H2,1-2H3,(H,26,28). The predicted octanol–water partition coefficient (Wildman–Crippen LogP) is 5.32. The average Bonchev–Trinajstić information content (AvgIpc) is 2.77. The molecule has 0 aromatic heterocycles. The molecule has 2 amide bonds. The van der Waals surface area contributed by atoms with E-state index in [0.717, 1.165) is 22.9 Å². The lowest BCUT2D eigenvalue weighted by Gasteiger charge is -2.27. The van der Waals surface area contributed by atoms with Crippen LogP contribution < -0.4 is 5.32 Å². The van der Waals surface area contributed by atoms with Gasteiger partial charge < -0.3 is 19.7 Å². The van der Waals surface area contributed by atoms with Crippen molar-refractivity contribution in [3.8, 4) is 0 Å². The van der Waals surface area contributed by atoms with Crippen LogP contribution in [0.5, 0.6) is 0 Å². The first-order valence-electron chi connectivity index (χ1n) is 10.5. The molecule has 3 aromatic rings. The van der Waals surface area contributed by atoms with Gasteiger partial charge in [-0.05, 0) is 48.7 Å². The van der Waals surface area contributed by atoms with Crippen LogP contribution >= 0.6 is 0 Å². The molecule has 0 spiro atoms. The maximum absolute atomic E-state index is 13.1. The Morgan fingerprint density at radius 3 is 2.27 bits per heavy atom. The van der Waals surface area contributed by atoms with E-state index in [2.05, 4.69) is 23.5 Å². The number of carbonyl (C=O) groups excluding carboxylic acids is 1. The van der Waals surface area contributed by atoms with Gasteiger partial charge in [0.05, 0.1) is 6.54 Å². The summed E-state index contributed by atoms with van der Waals surface area (Å²) < 4.78 is 11.4. The Balaban J connectivity index is 1.72. The molecule has 0 saturated carbocycles. The van der Waals surface area contributed by atoms with Crippen molar-refractivity contribution in [3.63, 3.8) is 0 Å². The molecule has 5 nitrogen and oxygen atoms in total. The van der Waals surface area contributed by atoms with Gasteiger partial charge in [-0.2, -0.15) is 0 Å². The monoisotopic (exact) mass is 406 g/mol. The van der Waals surface area contributed by atoms with Crippen molar-refractivity contribution in [2.24, 2.45) is 0 Å². The zero-order valence-corrected chi connectivity index (χ0v) is 17.7. The highest BCUT2D eigenvalue weighted by Crippen LogP contribution is 2.19. The number of anilines is 1. The van der Waals surface area contributed by atoms with Gasteiger partial charge in [0.2, 0.25) is 0 Å². The molecule has 5 heteroatoms. The normalized spacial score (nSPS) is 11.0. The van der Waals surface area contributed by atoms with Gasteiger partial charge in [0.15, 0.2) is 6.29 Å². The number of hydrogen-bond donors (Lipinski definition) is 1. The maximum atomic E-state index is 13.1. The number of nitrogens with one attached hydrogen (secondary N) is 1. The van der Waals surface area contributed by atoms with Crippen molar-refractivity contribution in [1.29, 1.82) is 0 Å². The minimum absolute atomic E-state index is 0.161. The Labute approximate surface area is 178 Å². The van der Waals surface area contributed by atoms with Crippen LogP contribution in [0.1, 0.15) is 19.4 Å². The van der Waals surface area contributed by atoms with Gasteiger partial charge in [-0.15, -0.1) is 0 Å². The second-order valence-electron chi connectivity index (χ2n) is 7.01. The lowest BCUT2D eigenvalue weighted by Crippen LogP contribution is -2.43. The molecule has 0 aliphatic rings. The molecule has 0 heterocycles. The molecule has 1 N–H and O–H groups in total. The SMILES string of the molecule is CCOC(CN(CCc1ccccc1)C(=O)Nc1ccc2ccccc2c1)OCC. The number of amides is 2. The highest BCUT2D eigenvalue weighted by atomic mass is 16.7. The van der Waals surface area contributed by atoms with E-state index >= 15 is 0 Å². The fourth-order valence-electron chi connectivity index (χ4n) is 3.36. The molecule has 0 bridgehead atoms. The summed E-state index contributed by atoms with van der Waals surface area (Å²) in [6, 6.07) is 24.0. The summed E-state index contributed by atoms with van der Waals surface area (Å²) in [7, 11) is 0. The molecule has 3 aromatic carbocycles. The van der Waals surface area contributed by atoms with Gasteiger partial charge in [-0.3, -0.25) is 0 Å². The first-order valence-corrected chi connectivity index (χ1v) is 10.5. The molecule has 0 aliphatic carbocycles. The van der Waals surface area contributed by atoms with Crippen LogP contribution in [0.15, 0.2) is 72.8 Å². The van der Waals surface area contributed by atoms with Crippen molar-refractivity contribution in [2.45, 2.75) is 26.6 Å². The second kappa shape index (κ2) is 11.3. The van der Waals surface area contributed by atoms with E-state index in [9.17, 15) is 4.79 Å². The van der Waals surface area contributed by atoms with E-state index in [0.29, 0.717) is 26.3 Å². The molecule has 0 atom stereocenters. The lowest BCUT2D eigenvalue weighted by molar-refractivity contribution is -0.142. The number of fused-ring (bicyclic) bond motifs is 1. The van der Waals surface area contributed by atoms with E-state index in [1.165, 1.54) is 5.56 Å². The molecule has 0 aliphatic heterocycles. The quantitative estimate of drug-likeness (QED) is 0.464. The third-order valence-corrected chi connectivity index (χ3v) is 4.88.